The van der Waals surface area contributed by atoms with Gasteiger partial charge in [-0.2, -0.15) is 0 Å². The predicted molar refractivity (Wildman–Crippen MR) is 157 cm³/mol. The summed E-state index contributed by atoms with van der Waals surface area (Å²) in [6.45, 7) is 8.52. The smallest absolute Gasteiger partial charge is 0.199 e. The van der Waals surface area contributed by atoms with Crippen LogP contribution in [0.1, 0.15) is 28.5 Å². The fraction of sp³-hybridized carbons (Fsp3) is 0.531. The van der Waals surface area contributed by atoms with Crippen LogP contribution < -0.4 is 9.47 Å². The molecule has 4 rings (SSSR count). The maximum absolute atomic E-state index is 6.30. The second-order valence-electron chi connectivity index (χ2n) is 9.93. The molecular weight excluding hydrogens is 540 g/mol. The molecule has 2 heterocycles. The van der Waals surface area contributed by atoms with E-state index in [0.717, 1.165) is 66.9 Å². The highest BCUT2D eigenvalue weighted by atomic mass is 16.5. The van der Waals surface area contributed by atoms with Gasteiger partial charge in [-0.15, -0.1) is 0 Å². The number of benzene rings is 2. The third kappa shape index (κ3) is 11.4. The van der Waals surface area contributed by atoms with Gasteiger partial charge in [0.2, 0.25) is 0 Å². The number of hydrogen-bond donors (Lipinski definition) is 0. The number of oxazole rings is 1. The van der Waals surface area contributed by atoms with Crippen LogP contribution in [0, 0.1) is 0 Å². The standard InChI is InChI=1S/C32H44N2O8/c1-35-15-19-40-28-7-3-5-26(21-28)23-31-30(25-39-18-17-38-14-11-34-9-12-37-13-10-34)33-32(42-31)24-27-6-4-8-29(22-27)41-20-16-36-2/h3-8,21-22H,9-20,23-25H2,1-2H3. The average Bonchev–Trinajstić information content (AvgIpc) is 3.38. The van der Waals surface area contributed by atoms with Crippen molar-refractivity contribution in [2.24, 2.45) is 0 Å². The Labute approximate surface area is 248 Å². The van der Waals surface area contributed by atoms with E-state index in [1.165, 1.54) is 0 Å². The van der Waals surface area contributed by atoms with Gasteiger partial charge in [0.25, 0.3) is 0 Å². The number of hydrogen-bond acceptors (Lipinski definition) is 10. The topological polar surface area (TPSA) is 93.9 Å². The van der Waals surface area contributed by atoms with Crippen LogP contribution in [0.2, 0.25) is 0 Å². The van der Waals surface area contributed by atoms with E-state index in [2.05, 4.69) is 11.0 Å². The molecule has 230 valence electrons. The highest BCUT2D eigenvalue weighted by Gasteiger charge is 2.16. The molecule has 0 radical (unpaired) electrons. The molecule has 1 saturated heterocycles. The van der Waals surface area contributed by atoms with Crippen LogP contribution in [-0.4, -0.2) is 103 Å². The first-order valence-corrected chi connectivity index (χ1v) is 14.6. The molecule has 10 heteroatoms. The van der Waals surface area contributed by atoms with E-state index in [0.29, 0.717) is 71.6 Å². The third-order valence-corrected chi connectivity index (χ3v) is 6.72. The molecule has 0 saturated carbocycles. The molecule has 1 aliphatic heterocycles. The first-order chi connectivity index (χ1) is 20.7. The highest BCUT2D eigenvalue weighted by molar-refractivity contribution is 5.33. The molecule has 1 aliphatic rings. The van der Waals surface area contributed by atoms with E-state index < -0.39 is 0 Å². The first kappa shape index (κ1) is 31.9. The van der Waals surface area contributed by atoms with Gasteiger partial charge in [-0.3, -0.25) is 4.90 Å². The normalized spacial score (nSPS) is 13.9. The zero-order valence-corrected chi connectivity index (χ0v) is 24.9. The van der Waals surface area contributed by atoms with Crippen molar-refractivity contribution in [1.29, 1.82) is 0 Å². The minimum Gasteiger partial charge on any atom is -0.491 e. The fourth-order valence-electron chi connectivity index (χ4n) is 4.51. The molecule has 0 spiro atoms. The van der Waals surface area contributed by atoms with Crippen molar-refractivity contribution in [3.05, 3.63) is 77.0 Å². The lowest BCUT2D eigenvalue weighted by atomic mass is 10.1. The number of rotatable bonds is 20. The van der Waals surface area contributed by atoms with Crippen LogP contribution in [0.15, 0.2) is 52.9 Å². The lowest BCUT2D eigenvalue weighted by Gasteiger charge is -2.26. The number of ether oxygens (including phenoxy) is 7. The molecule has 3 aromatic rings. The van der Waals surface area contributed by atoms with Gasteiger partial charge in [-0.1, -0.05) is 24.3 Å². The minimum atomic E-state index is 0.343. The van der Waals surface area contributed by atoms with Crippen LogP contribution in [0.5, 0.6) is 11.5 Å². The summed E-state index contributed by atoms with van der Waals surface area (Å²) in [7, 11) is 3.32. The molecule has 42 heavy (non-hydrogen) atoms. The van der Waals surface area contributed by atoms with Gasteiger partial charge in [0.05, 0.1) is 52.9 Å². The molecule has 0 amide bonds. The van der Waals surface area contributed by atoms with Crippen molar-refractivity contribution in [2.75, 3.05) is 93.3 Å². The molecule has 0 aliphatic carbocycles. The summed E-state index contributed by atoms with van der Waals surface area (Å²) >= 11 is 0. The fourth-order valence-corrected chi connectivity index (χ4v) is 4.51. The predicted octanol–water partition coefficient (Wildman–Crippen LogP) is 3.77. The highest BCUT2D eigenvalue weighted by Crippen LogP contribution is 2.23. The molecule has 0 bridgehead atoms. The van der Waals surface area contributed by atoms with E-state index in [4.69, 9.17) is 42.6 Å². The van der Waals surface area contributed by atoms with Crippen molar-refractivity contribution in [1.82, 2.24) is 9.88 Å². The van der Waals surface area contributed by atoms with Crippen molar-refractivity contribution >= 4 is 0 Å². The lowest BCUT2D eigenvalue weighted by molar-refractivity contribution is 0.00544. The summed E-state index contributed by atoms with van der Waals surface area (Å²) in [5.74, 6) is 2.99. The van der Waals surface area contributed by atoms with Gasteiger partial charge >= 0.3 is 0 Å². The minimum absolute atomic E-state index is 0.343. The Kier molecular flexibility index (Phi) is 14.1. The summed E-state index contributed by atoms with van der Waals surface area (Å²) in [6, 6.07) is 15.9. The van der Waals surface area contributed by atoms with Gasteiger partial charge in [0.15, 0.2) is 5.89 Å². The van der Waals surface area contributed by atoms with Gasteiger partial charge in [0.1, 0.15) is 36.2 Å². The molecule has 10 nitrogen and oxygen atoms in total. The van der Waals surface area contributed by atoms with E-state index in [-0.39, 0.29) is 0 Å². The Hall–Kier alpha value is -2.99. The summed E-state index contributed by atoms with van der Waals surface area (Å²) in [6.07, 6.45) is 1.11. The molecule has 0 N–H and O–H groups in total. The number of morpholine rings is 1. The van der Waals surface area contributed by atoms with Gasteiger partial charge in [-0.05, 0) is 35.4 Å². The van der Waals surface area contributed by atoms with E-state index >= 15 is 0 Å². The van der Waals surface area contributed by atoms with Crippen LogP contribution in [0.3, 0.4) is 0 Å². The van der Waals surface area contributed by atoms with Crippen LogP contribution in [-0.2, 0) is 43.1 Å². The second-order valence-corrected chi connectivity index (χ2v) is 9.93. The van der Waals surface area contributed by atoms with Gasteiger partial charge < -0.3 is 37.6 Å². The van der Waals surface area contributed by atoms with E-state index in [9.17, 15) is 0 Å². The van der Waals surface area contributed by atoms with Crippen LogP contribution in [0.25, 0.3) is 0 Å². The van der Waals surface area contributed by atoms with Crippen molar-refractivity contribution in [2.45, 2.75) is 19.4 Å². The SMILES string of the molecule is COCCOc1cccc(Cc2nc(COCCOCCN3CCOCC3)c(Cc3cccc(OCCOC)c3)o2)c1. The summed E-state index contributed by atoms with van der Waals surface area (Å²) in [5, 5.41) is 0. The molecule has 1 aromatic heterocycles. The van der Waals surface area contributed by atoms with Gasteiger partial charge in [0, 0.05) is 46.7 Å². The van der Waals surface area contributed by atoms with E-state index in [1.54, 1.807) is 14.2 Å². The Balaban J connectivity index is 1.35. The Bertz CT molecular complexity index is 1160. The summed E-state index contributed by atoms with van der Waals surface area (Å²) in [5.41, 5.74) is 2.90. The van der Waals surface area contributed by atoms with Crippen molar-refractivity contribution in [3.8, 4) is 11.5 Å². The van der Waals surface area contributed by atoms with Crippen LogP contribution >= 0.6 is 0 Å². The molecule has 1 fully saturated rings. The largest absolute Gasteiger partial charge is 0.491 e. The number of nitrogens with zero attached hydrogens (tertiary/aromatic N) is 2. The maximum atomic E-state index is 6.30. The second kappa shape index (κ2) is 18.5. The first-order valence-electron chi connectivity index (χ1n) is 14.6. The van der Waals surface area contributed by atoms with Crippen LogP contribution in [0.4, 0.5) is 0 Å². The molecule has 2 aromatic carbocycles. The lowest BCUT2D eigenvalue weighted by Crippen LogP contribution is -2.38. The monoisotopic (exact) mass is 584 g/mol. The van der Waals surface area contributed by atoms with Crippen molar-refractivity contribution < 1.29 is 37.6 Å². The Morgan fingerprint density at radius 2 is 1.38 bits per heavy atom. The Morgan fingerprint density at radius 1 is 0.738 bits per heavy atom. The number of aromatic nitrogens is 1. The number of methoxy groups -OCH3 is 2. The van der Waals surface area contributed by atoms with E-state index in [1.807, 2.05) is 42.5 Å². The summed E-state index contributed by atoms with van der Waals surface area (Å²) < 4.78 is 45.2. The maximum Gasteiger partial charge on any atom is 0.199 e. The zero-order valence-electron chi connectivity index (χ0n) is 24.9. The van der Waals surface area contributed by atoms with Crippen molar-refractivity contribution in [3.63, 3.8) is 0 Å². The third-order valence-electron chi connectivity index (χ3n) is 6.72. The average molecular weight is 585 g/mol. The zero-order chi connectivity index (χ0) is 29.2. The quantitative estimate of drug-likeness (QED) is 0.183. The van der Waals surface area contributed by atoms with Gasteiger partial charge in [-0.25, -0.2) is 4.98 Å². The molecule has 0 unspecified atom stereocenters. The molecular formula is C32H44N2O8. The summed E-state index contributed by atoms with van der Waals surface area (Å²) in [4.78, 5) is 7.18. The molecule has 0 atom stereocenters. The Morgan fingerprint density at radius 3 is 2.05 bits per heavy atom.